The maximum atomic E-state index is 11.6. The molecule has 0 radical (unpaired) electrons. The number of anilines is 1. The molecule has 0 aliphatic carbocycles. The third kappa shape index (κ3) is 4.13. The topological polar surface area (TPSA) is 61.4 Å². The summed E-state index contributed by atoms with van der Waals surface area (Å²) in [5.41, 5.74) is 0.680. The smallest absolute Gasteiger partial charge is 0.319 e. The van der Waals surface area contributed by atoms with Gasteiger partial charge >= 0.3 is 6.03 Å². The zero-order valence-electron chi connectivity index (χ0n) is 10.5. The minimum Gasteiger partial charge on any atom is -0.341 e. The molecule has 1 saturated heterocycles. The maximum Gasteiger partial charge on any atom is 0.319 e. The Kier molecular flexibility index (Phi) is 4.63. The lowest BCUT2D eigenvalue weighted by molar-refractivity contribution is -0.127. The van der Waals surface area contributed by atoms with E-state index in [0.717, 1.165) is 13.0 Å². The number of nitrogens with one attached hydrogen (secondary N) is 2. The summed E-state index contributed by atoms with van der Waals surface area (Å²) in [6.45, 7) is 1.80. The zero-order valence-corrected chi connectivity index (χ0v) is 11.2. The van der Waals surface area contributed by atoms with E-state index in [0.29, 0.717) is 30.2 Å². The summed E-state index contributed by atoms with van der Waals surface area (Å²) in [5.74, 6) is 0.167. The number of likely N-dealkylation sites (tertiary alicyclic amines) is 1. The highest BCUT2D eigenvalue weighted by Crippen LogP contribution is 2.13. The molecule has 0 bridgehead atoms. The Bertz CT molecular complexity index is 461. The van der Waals surface area contributed by atoms with Crippen molar-refractivity contribution in [3.8, 4) is 0 Å². The van der Waals surface area contributed by atoms with E-state index < -0.39 is 0 Å². The first-order chi connectivity index (χ1) is 9.15. The third-order valence-electron chi connectivity index (χ3n) is 2.94. The highest BCUT2D eigenvalue weighted by molar-refractivity contribution is 6.30. The molecule has 0 spiro atoms. The molecule has 2 N–H and O–H groups in total. The Labute approximate surface area is 116 Å². The minimum atomic E-state index is -0.283. The summed E-state index contributed by atoms with van der Waals surface area (Å²) in [5, 5.41) is 6.03. The van der Waals surface area contributed by atoms with Gasteiger partial charge in [0.15, 0.2) is 0 Å². The molecule has 102 valence electrons. The molecule has 2 rings (SSSR count). The molecular formula is C13H16ClN3O2. The summed E-state index contributed by atoms with van der Waals surface area (Å²) >= 11 is 5.75. The van der Waals surface area contributed by atoms with E-state index >= 15 is 0 Å². The number of halogens is 1. The molecule has 1 aliphatic heterocycles. The van der Waals surface area contributed by atoms with Crippen molar-refractivity contribution in [2.45, 2.75) is 12.8 Å². The number of urea groups is 1. The lowest BCUT2D eigenvalue weighted by atomic mass is 10.3. The molecule has 1 aromatic carbocycles. The van der Waals surface area contributed by atoms with Crippen LogP contribution in [0.5, 0.6) is 0 Å². The molecule has 3 amide bonds. The third-order valence-corrected chi connectivity index (χ3v) is 3.19. The number of hydrogen-bond acceptors (Lipinski definition) is 2. The monoisotopic (exact) mass is 281 g/mol. The molecule has 5 nitrogen and oxygen atoms in total. The van der Waals surface area contributed by atoms with Crippen LogP contribution in [0.25, 0.3) is 0 Å². The Morgan fingerprint density at radius 2 is 2.05 bits per heavy atom. The molecule has 1 aliphatic rings. The Morgan fingerprint density at radius 1 is 1.32 bits per heavy atom. The molecule has 0 saturated carbocycles. The normalized spacial score (nSPS) is 14.6. The van der Waals surface area contributed by atoms with Crippen LogP contribution in [-0.4, -0.2) is 36.5 Å². The first-order valence-electron chi connectivity index (χ1n) is 6.23. The summed E-state index contributed by atoms with van der Waals surface area (Å²) in [6, 6.07) is 6.59. The first-order valence-corrected chi connectivity index (χ1v) is 6.61. The van der Waals surface area contributed by atoms with Crippen molar-refractivity contribution in [1.29, 1.82) is 0 Å². The number of amides is 3. The molecule has 1 fully saturated rings. The highest BCUT2D eigenvalue weighted by atomic mass is 35.5. The first kappa shape index (κ1) is 13.7. The number of benzene rings is 1. The van der Waals surface area contributed by atoms with Crippen LogP contribution >= 0.6 is 11.6 Å². The molecule has 0 aromatic heterocycles. The van der Waals surface area contributed by atoms with Gasteiger partial charge in [-0.1, -0.05) is 11.6 Å². The van der Waals surface area contributed by atoms with Gasteiger partial charge in [-0.2, -0.15) is 0 Å². The molecule has 1 heterocycles. The summed E-state index contributed by atoms with van der Waals surface area (Å²) < 4.78 is 0. The number of nitrogens with zero attached hydrogens (tertiary/aromatic N) is 1. The van der Waals surface area contributed by atoms with Gasteiger partial charge in [-0.05, 0) is 30.7 Å². The van der Waals surface area contributed by atoms with E-state index in [4.69, 9.17) is 11.6 Å². The number of carbonyl (C=O) groups excluding carboxylic acids is 2. The fourth-order valence-electron chi connectivity index (χ4n) is 1.95. The molecule has 0 unspecified atom stereocenters. The zero-order chi connectivity index (χ0) is 13.7. The summed E-state index contributed by atoms with van der Waals surface area (Å²) in [4.78, 5) is 24.7. The van der Waals surface area contributed by atoms with E-state index in [1.165, 1.54) is 0 Å². The lowest BCUT2D eigenvalue weighted by Gasteiger charge is -2.15. The minimum absolute atomic E-state index is 0.167. The van der Waals surface area contributed by atoms with Gasteiger partial charge in [-0.25, -0.2) is 4.79 Å². The largest absolute Gasteiger partial charge is 0.341 e. The van der Waals surface area contributed by atoms with Gasteiger partial charge in [-0.15, -0.1) is 0 Å². The molecule has 0 atom stereocenters. The van der Waals surface area contributed by atoms with Crippen LogP contribution in [0, 0.1) is 0 Å². The fourth-order valence-corrected chi connectivity index (χ4v) is 2.08. The van der Waals surface area contributed by atoms with Crippen LogP contribution in [0.3, 0.4) is 0 Å². The quantitative estimate of drug-likeness (QED) is 0.888. The second-order valence-electron chi connectivity index (χ2n) is 4.37. The van der Waals surface area contributed by atoms with Crippen molar-refractivity contribution in [3.05, 3.63) is 29.3 Å². The van der Waals surface area contributed by atoms with Crippen molar-refractivity contribution in [2.75, 3.05) is 25.0 Å². The van der Waals surface area contributed by atoms with Crippen molar-refractivity contribution in [3.63, 3.8) is 0 Å². The van der Waals surface area contributed by atoms with Crippen LogP contribution in [0.2, 0.25) is 5.02 Å². The van der Waals surface area contributed by atoms with E-state index in [1.54, 1.807) is 29.2 Å². The van der Waals surface area contributed by atoms with Gasteiger partial charge in [0, 0.05) is 36.8 Å². The Morgan fingerprint density at radius 3 is 2.68 bits per heavy atom. The fraction of sp³-hybridized carbons (Fsp3) is 0.385. The maximum absolute atomic E-state index is 11.6. The summed E-state index contributed by atoms with van der Waals surface area (Å²) in [7, 11) is 0. The Balaban J connectivity index is 1.69. The van der Waals surface area contributed by atoms with E-state index in [9.17, 15) is 9.59 Å². The number of hydrogen-bond donors (Lipinski definition) is 2. The van der Waals surface area contributed by atoms with Crippen LogP contribution in [-0.2, 0) is 4.79 Å². The van der Waals surface area contributed by atoms with Gasteiger partial charge in [0.2, 0.25) is 5.91 Å². The molecular weight excluding hydrogens is 266 g/mol. The summed E-state index contributed by atoms with van der Waals surface area (Å²) in [6.07, 6.45) is 1.53. The van der Waals surface area contributed by atoms with Gasteiger partial charge in [0.05, 0.1) is 0 Å². The lowest BCUT2D eigenvalue weighted by Crippen LogP contribution is -2.37. The molecule has 6 heteroatoms. The van der Waals surface area contributed by atoms with Gasteiger partial charge < -0.3 is 15.5 Å². The molecule has 19 heavy (non-hydrogen) atoms. The second-order valence-corrected chi connectivity index (χ2v) is 4.81. The average molecular weight is 282 g/mol. The SMILES string of the molecule is O=C(NCCN1CCCC1=O)Nc1ccc(Cl)cc1. The van der Waals surface area contributed by atoms with Crippen molar-refractivity contribution in [1.82, 2.24) is 10.2 Å². The standard InChI is InChI=1S/C13H16ClN3O2/c14-10-3-5-11(6-4-10)16-13(19)15-7-9-17-8-1-2-12(17)18/h3-6H,1-2,7-9H2,(H2,15,16,19). The Hall–Kier alpha value is -1.75. The van der Waals surface area contributed by atoms with Crippen LogP contribution in [0.1, 0.15) is 12.8 Å². The van der Waals surface area contributed by atoms with E-state index in [-0.39, 0.29) is 11.9 Å². The van der Waals surface area contributed by atoms with Crippen LogP contribution < -0.4 is 10.6 Å². The van der Waals surface area contributed by atoms with E-state index in [1.807, 2.05) is 0 Å². The predicted molar refractivity (Wildman–Crippen MR) is 74.3 cm³/mol. The van der Waals surface area contributed by atoms with E-state index in [2.05, 4.69) is 10.6 Å². The molecule has 1 aromatic rings. The van der Waals surface area contributed by atoms with Crippen LogP contribution in [0.15, 0.2) is 24.3 Å². The van der Waals surface area contributed by atoms with Gasteiger partial charge in [0.25, 0.3) is 0 Å². The highest BCUT2D eigenvalue weighted by Gasteiger charge is 2.19. The van der Waals surface area contributed by atoms with Crippen molar-refractivity contribution >= 4 is 29.2 Å². The van der Waals surface area contributed by atoms with Gasteiger partial charge in [-0.3, -0.25) is 4.79 Å². The van der Waals surface area contributed by atoms with Crippen molar-refractivity contribution in [2.24, 2.45) is 0 Å². The number of rotatable bonds is 4. The van der Waals surface area contributed by atoms with Gasteiger partial charge in [0.1, 0.15) is 0 Å². The van der Waals surface area contributed by atoms with Crippen LogP contribution in [0.4, 0.5) is 10.5 Å². The van der Waals surface area contributed by atoms with Crippen molar-refractivity contribution < 1.29 is 9.59 Å². The predicted octanol–water partition coefficient (Wildman–Crippen LogP) is 2.08. The number of carbonyl (C=O) groups is 2. The average Bonchev–Trinajstić information content (AvgIpc) is 2.78. The second kappa shape index (κ2) is 6.43.